The summed E-state index contributed by atoms with van der Waals surface area (Å²) in [6.07, 6.45) is 0. The Balaban J connectivity index is 2.03. The van der Waals surface area contributed by atoms with E-state index in [0.717, 1.165) is 16.9 Å². The number of hydrogen-bond donors (Lipinski definition) is 2. The molecule has 2 unspecified atom stereocenters. The van der Waals surface area contributed by atoms with Crippen LogP contribution in [0.15, 0.2) is 54.6 Å². The van der Waals surface area contributed by atoms with Gasteiger partial charge >= 0.3 is 0 Å². The zero-order chi connectivity index (χ0) is 13.7. The second-order valence-electron chi connectivity index (χ2n) is 4.65. The third-order valence-corrected chi connectivity index (χ3v) is 3.71. The van der Waals surface area contributed by atoms with Gasteiger partial charge in [-0.2, -0.15) is 12.6 Å². The van der Waals surface area contributed by atoms with Gasteiger partial charge in [-0.25, -0.2) is 0 Å². The summed E-state index contributed by atoms with van der Waals surface area (Å²) < 4.78 is 5.79. The first kappa shape index (κ1) is 14.0. The van der Waals surface area contributed by atoms with E-state index in [1.54, 1.807) is 0 Å². The molecule has 2 aromatic carbocycles. The third-order valence-electron chi connectivity index (χ3n) is 2.95. The average Bonchev–Trinajstić information content (AvgIpc) is 2.45. The Morgan fingerprint density at radius 3 is 2.53 bits per heavy atom. The molecule has 0 aromatic heterocycles. The Morgan fingerprint density at radius 2 is 1.84 bits per heavy atom. The summed E-state index contributed by atoms with van der Waals surface area (Å²) in [5, 5.41) is 0.0280. The summed E-state index contributed by atoms with van der Waals surface area (Å²) in [5.41, 5.74) is 8.11. The standard InChI is InChI=1S/C16H19NOS/c1-12(17)16(19)14-8-5-9-15(10-14)18-11-13-6-3-2-4-7-13/h2-10,12,16,19H,11,17H2,1H3. The molecule has 100 valence electrons. The molecule has 0 spiro atoms. The van der Waals surface area contributed by atoms with Gasteiger partial charge < -0.3 is 10.5 Å². The molecule has 2 rings (SSSR count). The van der Waals surface area contributed by atoms with Gasteiger partial charge in [0, 0.05) is 11.3 Å². The Bertz CT molecular complexity index is 513. The van der Waals surface area contributed by atoms with E-state index in [9.17, 15) is 0 Å². The van der Waals surface area contributed by atoms with Crippen molar-refractivity contribution in [2.24, 2.45) is 5.73 Å². The van der Waals surface area contributed by atoms with Crippen molar-refractivity contribution in [2.45, 2.75) is 24.8 Å². The van der Waals surface area contributed by atoms with Gasteiger partial charge in [0.15, 0.2) is 0 Å². The van der Waals surface area contributed by atoms with Crippen LogP contribution in [0.3, 0.4) is 0 Å². The molecule has 0 saturated carbocycles. The number of rotatable bonds is 5. The van der Waals surface area contributed by atoms with Crippen molar-refractivity contribution in [2.75, 3.05) is 0 Å². The second kappa shape index (κ2) is 6.64. The third kappa shape index (κ3) is 4.01. The van der Waals surface area contributed by atoms with Crippen LogP contribution in [0.1, 0.15) is 23.3 Å². The van der Waals surface area contributed by atoms with E-state index in [-0.39, 0.29) is 11.3 Å². The van der Waals surface area contributed by atoms with E-state index in [4.69, 9.17) is 10.5 Å². The van der Waals surface area contributed by atoms with Crippen molar-refractivity contribution in [1.82, 2.24) is 0 Å². The lowest BCUT2D eigenvalue weighted by molar-refractivity contribution is 0.306. The highest BCUT2D eigenvalue weighted by molar-refractivity contribution is 7.80. The maximum Gasteiger partial charge on any atom is 0.120 e. The van der Waals surface area contributed by atoms with E-state index < -0.39 is 0 Å². The zero-order valence-corrected chi connectivity index (χ0v) is 11.9. The molecule has 0 bridgehead atoms. The fourth-order valence-corrected chi connectivity index (χ4v) is 1.99. The summed E-state index contributed by atoms with van der Waals surface area (Å²) in [7, 11) is 0. The van der Waals surface area contributed by atoms with E-state index in [1.807, 2.05) is 61.5 Å². The molecule has 0 aliphatic heterocycles. The molecule has 2 atom stereocenters. The number of benzene rings is 2. The van der Waals surface area contributed by atoms with E-state index in [0.29, 0.717) is 6.61 Å². The first-order valence-corrected chi connectivity index (χ1v) is 6.89. The molecular formula is C16H19NOS. The van der Waals surface area contributed by atoms with Gasteiger partial charge in [-0.3, -0.25) is 0 Å². The molecule has 2 N–H and O–H groups in total. The topological polar surface area (TPSA) is 35.2 Å². The van der Waals surface area contributed by atoms with Crippen LogP contribution in [0.2, 0.25) is 0 Å². The highest BCUT2D eigenvalue weighted by Gasteiger charge is 2.11. The molecule has 0 radical (unpaired) electrons. The van der Waals surface area contributed by atoms with Crippen molar-refractivity contribution in [3.8, 4) is 5.75 Å². The van der Waals surface area contributed by atoms with Gasteiger partial charge in [0.2, 0.25) is 0 Å². The van der Waals surface area contributed by atoms with Gasteiger partial charge in [-0.15, -0.1) is 0 Å². The number of ether oxygens (including phenoxy) is 1. The Hall–Kier alpha value is -1.45. The lowest BCUT2D eigenvalue weighted by Gasteiger charge is -2.16. The van der Waals surface area contributed by atoms with Gasteiger partial charge in [0.05, 0.1) is 0 Å². The minimum absolute atomic E-state index is 0.00714. The molecule has 3 heteroatoms. The highest BCUT2D eigenvalue weighted by atomic mass is 32.1. The van der Waals surface area contributed by atoms with Gasteiger partial charge in [-0.05, 0) is 30.2 Å². The second-order valence-corrected chi connectivity index (χ2v) is 5.21. The van der Waals surface area contributed by atoms with Crippen molar-refractivity contribution in [3.05, 3.63) is 65.7 Å². The molecule has 0 saturated heterocycles. The molecule has 0 aliphatic rings. The number of hydrogen-bond acceptors (Lipinski definition) is 3. The molecule has 0 heterocycles. The highest BCUT2D eigenvalue weighted by Crippen LogP contribution is 2.26. The number of thiol groups is 1. The Morgan fingerprint density at radius 1 is 1.11 bits per heavy atom. The van der Waals surface area contributed by atoms with Crippen molar-refractivity contribution in [3.63, 3.8) is 0 Å². The number of nitrogens with two attached hydrogens (primary N) is 1. The molecule has 0 fully saturated rings. The maximum atomic E-state index is 5.87. The smallest absolute Gasteiger partial charge is 0.120 e. The van der Waals surface area contributed by atoms with Crippen LogP contribution in [0.5, 0.6) is 5.75 Å². The molecule has 2 aromatic rings. The van der Waals surface area contributed by atoms with Crippen LogP contribution < -0.4 is 10.5 Å². The predicted octanol–water partition coefficient (Wildman–Crippen LogP) is 3.58. The fraction of sp³-hybridized carbons (Fsp3) is 0.250. The SMILES string of the molecule is CC(N)C(S)c1cccc(OCc2ccccc2)c1. The first-order chi connectivity index (χ1) is 9.16. The van der Waals surface area contributed by atoms with Crippen molar-refractivity contribution >= 4 is 12.6 Å². The molecule has 0 aliphatic carbocycles. The maximum absolute atomic E-state index is 5.87. The van der Waals surface area contributed by atoms with Crippen LogP contribution >= 0.6 is 12.6 Å². The quantitative estimate of drug-likeness (QED) is 0.817. The van der Waals surface area contributed by atoms with Crippen LogP contribution in [-0.2, 0) is 6.61 Å². The minimum atomic E-state index is 0.00714. The molecule has 2 nitrogen and oxygen atoms in total. The normalized spacial score (nSPS) is 13.8. The van der Waals surface area contributed by atoms with Gasteiger partial charge in [0.25, 0.3) is 0 Å². The summed E-state index contributed by atoms with van der Waals surface area (Å²) in [6.45, 7) is 2.52. The summed E-state index contributed by atoms with van der Waals surface area (Å²) in [5.74, 6) is 0.848. The summed E-state index contributed by atoms with van der Waals surface area (Å²) in [6, 6.07) is 18.1. The van der Waals surface area contributed by atoms with Crippen LogP contribution in [0.4, 0.5) is 0 Å². The van der Waals surface area contributed by atoms with Crippen molar-refractivity contribution in [1.29, 1.82) is 0 Å². The predicted molar refractivity (Wildman–Crippen MR) is 82.6 cm³/mol. The van der Waals surface area contributed by atoms with E-state index in [2.05, 4.69) is 12.6 Å². The average molecular weight is 273 g/mol. The summed E-state index contributed by atoms with van der Waals surface area (Å²) in [4.78, 5) is 0. The van der Waals surface area contributed by atoms with Gasteiger partial charge in [-0.1, -0.05) is 42.5 Å². The van der Waals surface area contributed by atoms with Crippen LogP contribution in [-0.4, -0.2) is 6.04 Å². The molecule has 0 amide bonds. The molecular weight excluding hydrogens is 254 g/mol. The first-order valence-electron chi connectivity index (χ1n) is 6.37. The summed E-state index contributed by atoms with van der Waals surface area (Å²) >= 11 is 4.52. The minimum Gasteiger partial charge on any atom is -0.489 e. The van der Waals surface area contributed by atoms with Crippen LogP contribution in [0.25, 0.3) is 0 Å². The van der Waals surface area contributed by atoms with E-state index >= 15 is 0 Å². The zero-order valence-electron chi connectivity index (χ0n) is 11.0. The van der Waals surface area contributed by atoms with Crippen molar-refractivity contribution < 1.29 is 4.74 Å². The Labute approximate surface area is 120 Å². The largest absolute Gasteiger partial charge is 0.489 e. The van der Waals surface area contributed by atoms with Crippen LogP contribution in [0, 0.1) is 0 Å². The monoisotopic (exact) mass is 273 g/mol. The lowest BCUT2D eigenvalue weighted by Crippen LogP contribution is -2.20. The van der Waals surface area contributed by atoms with Gasteiger partial charge in [0.1, 0.15) is 12.4 Å². The lowest BCUT2D eigenvalue weighted by atomic mass is 10.1. The fourth-order valence-electron chi connectivity index (χ4n) is 1.83. The Kier molecular flexibility index (Phi) is 4.88. The molecule has 19 heavy (non-hydrogen) atoms. The van der Waals surface area contributed by atoms with E-state index in [1.165, 1.54) is 0 Å².